The number of benzene rings is 1. The zero-order chi connectivity index (χ0) is 14.3. The van der Waals surface area contributed by atoms with Crippen molar-refractivity contribution >= 4 is 11.0 Å². The van der Waals surface area contributed by atoms with Crippen molar-refractivity contribution in [3.05, 3.63) is 36.5 Å². The molecule has 0 radical (unpaired) electrons. The molecule has 1 saturated heterocycles. The van der Waals surface area contributed by atoms with Gasteiger partial charge in [-0.3, -0.25) is 9.97 Å². The van der Waals surface area contributed by atoms with Gasteiger partial charge in [0.2, 0.25) is 11.7 Å². The Morgan fingerprint density at radius 3 is 2.81 bits per heavy atom. The van der Waals surface area contributed by atoms with E-state index in [1.807, 2.05) is 18.2 Å². The van der Waals surface area contributed by atoms with Crippen LogP contribution in [-0.2, 0) is 10.3 Å². The Labute approximate surface area is 120 Å². The molecule has 2 aromatic heterocycles. The highest BCUT2D eigenvalue weighted by Crippen LogP contribution is 2.28. The number of ether oxygens (including phenoxy) is 1. The summed E-state index contributed by atoms with van der Waals surface area (Å²) in [5, 5.41) is 4.01. The van der Waals surface area contributed by atoms with Gasteiger partial charge in [-0.15, -0.1) is 0 Å². The Balaban J connectivity index is 1.73. The molecular weight excluding hydrogens is 270 g/mol. The third-order valence-electron chi connectivity index (χ3n) is 3.63. The fraction of sp³-hybridized carbons (Fsp3) is 0.286. The van der Waals surface area contributed by atoms with Gasteiger partial charge in [-0.2, -0.15) is 4.98 Å². The second kappa shape index (κ2) is 4.57. The lowest BCUT2D eigenvalue weighted by molar-refractivity contribution is 0.166. The molecular formula is C14H13N5O2. The average molecular weight is 283 g/mol. The van der Waals surface area contributed by atoms with Crippen LogP contribution < -0.4 is 5.73 Å². The summed E-state index contributed by atoms with van der Waals surface area (Å²) in [5.41, 5.74) is 7.97. The van der Waals surface area contributed by atoms with Crippen LogP contribution in [-0.4, -0.2) is 33.3 Å². The van der Waals surface area contributed by atoms with Gasteiger partial charge in [-0.05, 0) is 24.6 Å². The van der Waals surface area contributed by atoms with E-state index in [2.05, 4.69) is 20.1 Å². The third kappa shape index (κ3) is 2.07. The smallest absolute Gasteiger partial charge is 0.249 e. The van der Waals surface area contributed by atoms with Gasteiger partial charge < -0.3 is 15.0 Å². The molecule has 1 aromatic carbocycles. The first-order valence-corrected chi connectivity index (χ1v) is 6.67. The van der Waals surface area contributed by atoms with Crippen molar-refractivity contribution in [2.75, 3.05) is 13.2 Å². The summed E-state index contributed by atoms with van der Waals surface area (Å²) in [6.07, 6.45) is 3.99. The van der Waals surface area contributed by atoms with Gasteiger partial charge in [-0.1, -0.05) is 5.16 Å². The summed E-state index contributed by atoms with van der Waals surface area (Å²) in [4.78, 5) is 12.9. The van der Waals surface area contributed by atoms with E-state index in [4.69, 9.17) is 15.0 Å². The molecule has 3 aromatic rings. The molecule has 4 rings (SSSR count). The molecule has 7 nitrogen and oxygen atoms in total. The Hall–Kier alpha value is -2.38. The van der Waals surface area contributed by atoms with Crippen LogP contribution in [0, 0.1) is 0 Å². The lowest BCUT2D eigenvalue weighted by Crippen LogP contribution is -2.37. The fourth-order valence-electron chi connectivity index (χ4n) is 2.39. The lowest BCUT2D eigenvalue weighted by atomic mass is 10.0. The maximum Gasteiger partial charge on any atom is 0.249 e. The number of nitrogens with two attached hydrogens (primary N) is 1. The van der Waals surface area contributed by atoms with Gasteiger partial charge in [-0.25, -0.2) is 0 Å². The zero-order valence-corrected chi connectivity index (χ0v) is 11.2. The number of aromatic nitrogens is 4. The monoisotopic (exact) mass is 283 g/mol. The van der Waals surface area contributed by atoms with Gasteiger partial charge in [0.15, 0.2) is 0 Å². The molecule has 3 heterocycles. The quantitative estimate of drug-likeness (QED) is 0.755. The summed E-state index contributed by atoms with van der Waals surface area (Å²) >= 11 is 0. The first-order valence-electron chi connectivity index (χ1n) is 6.67. The van der Waals surface area contributed by atoms with Crippen LogP contribution in [0.4, 0.5) is 0 Å². The summed E-state index contributed by atoms with van der Waals surface area (Å²) in [5.74, 6) is 0.906. The number of fused-ring (bicyclic) bond motifs is 1. The standard InChI is InChI=1S/C14H13N5O2/c15-14(3-6-20-8-14)13-18-12(19-21-13)9-1-2-10-11(7-9)17-5-4-16-10/h1-2,4-5,7H,3,6,8,15H2. The second-order valence-corrected chi connectivity index (χ2v) is 5.14. The molecule has 2 N–H and O–H groups in total. The normalized spacial score (nSPS) is 22.0. The van der Waals surface area contributed by atoms with E-state index >= 15 is 0 Å². The first-order chi connectivity index (χ1) is 10.2. The van der Waals surface area contributed by atoms with Gasteiger partial charge in [0, 0.05) is 24.6 Å². The van der Waals surface area contributed by atoms with Crippen LogP contribution in [0.3, 0.4) is 0 Å². The molecule has 106 valence electrons. The van der Waals surface area contributed by atoms with Crippen LogP contribution in [0.25, 0.3) is 22.4 Å². The molecule has 0 saturated carbocycles. The number of rotatable bonds is 2. The van der Waals surface area contributed by atoms with E-state index in [0.717, 1.165) is 16.6 Å². The van der Waals surface area contributed by atoms with Gasteiger partial charge in [0.05, 0.1) is 17.6 Å². The van der Waals surface area contributed by atoms with E-state index in [0.29, 0.717) is 31.3 Å². The molecule has 0 aliphatic carbocycles. The second-order valence-electron chi connectivity index (χ2n) is 5.14. The van der Waals surface area contributed by atoms with Gasteiger partial charge in [0.1, 0.15) is 5.54 Å². The van der Waals surface area contributed by atoms with Crippen LogP contribution >= 0.6 is 0 Å². The van der Waals surface area contributed by atoms with Gasteiger partial charge in [0.25, 0.3) is 0 Å². The van der Waals surface area contributed by atoms with Crippen molar-refractivity contribution in [3.63, 3.8) is 0 Å². The van der Waals surface area contributed by atoms with Crippen molar-refractivity contribution in [2.45, 2.75) is 12.0 Å². The minimum atomic E-state index is -0.679. The van der Waals surface area contributed by atoms with Crippen LogP contribution in [0.1, 0.15) is 12.3 Å². The Kier molecular flexibility index (Phi) is 2.69. The molecule has 0 amide bonds. The summed E-state index contributed by atoms with van der Waals surface area (Å²) < 4.78 is 10.6. The van der Waals surface area contributed by atoms with E-state index < -0.39 is 5.54 Å². The molecule has 1 unspecified atom stereocenters. The van der Waals surface area contributed by atoms with Crippen LogP contribution in [0.15, 0.2) is 35.1 Å². The highest BCUT2D eigenvalue weighted by Gasteiger charge is 2.38. The number of nitrogens with zero attached hydrogens (tertiary/aromatic N) is 4. The lowest BCUT2D eigenvalue weighted by Gasteiger charge is -2.14. The van der Waals surface area contributed by atoms with E-state index in [-0.39, 0.29) is 0 Å². The van der Waals surface area contributed by atoms with E-state index in [1.54, 1.807) is 12.4 Å². The summed E-state index contributed by atoms with van der Waals surface area (Å²) in [7, 11) is 0. The highest BCUT2D eigenvalue weighted by atomic mass is 16.5. The third-order valence-corrected chi connectivity index (χ3v) is 3.63. The number of hydrogen-bond acceptors (Lipinski definition) is 7. The van der Waals surface area contributed by atoms with Gasteiger partial charge >= 0.3 is 0 Å². The summed E-state index contributed by atoms with van der Waals surface area (Å²) in [6.45, 7) is 1.01. The fourth-order valence-corrected chi connectivity index (χ4v) is 2.39. The van der Waals surface area contributed by atoms with E-state index in [9.17, 15) is 0 Å². The largest absolute Gasteiger partial charge is 0.379 e. The maximum atomic E-state index is 6.22. The summed E-state index contributed by atoms with van der Waals surface area (Å²) in [6, 6.07) is 5.65. The van der Waals surface area contributed by atoms with Crippen LogP contribution in [0.5, 0.6) is 0 Å². The first kappa shape index (κ1) is 12.4. The van der Waals surface area contributed by atoms with Crippen molar-refractivity contribution < 1.29 is 9.26 Å². The molecule has 1 atom stereocenters. The minimum Gasteiger partial charge on any atom is -0.379 e. The SMILES string of the molecule is NC1(c2nc(-c3ccc4nccnc4c3)no2)CCOC1. The molecule has 0 bridgehead atoms. The van der Waals surface area contributed by atoms with Crippen LogP contribution in [0.2, 0.25) is 0 Å². The molecule has 21 heavy (non-hydrogen) atoms. The molecule has 1 fully saturated rings. The minimum absolute atomic E-state index is 0.401. The molecule has 7 heteroatoms. The Morgan fingerprint density at radius 1 is 1.14 bits per heavy atom. The van der Waals surface area contributed by atoms with Crippen molar-refractivity contribution in [1.29, 1.82) is 0 Å². The Bertz CT molecular complexity index is 795. The number of hydrogen-bond donors (Lipinski definition) is 1. The van der Waals surface area contributed by atoms with Crippen molar-refractivity contribution in [3.8, 4) is 11.4 Å². The predicted octanol–water partition coefficient (Wildman–Crippen LogP) is 1.25. The zero-order valence-electron chi connectivity index (χ0n) is 11.2. The molecule has 1 aliphatic rings. The van der Waals surface area contributed by atoms with Crippen molar-refractivity contribution in [1.82, 2.24) is 20.1 Å². The highest BCUT2D eigenvalue weighted by molar-refractivity contribution is 5.79. The Morgan fingerprint density at radius 2 is 2.00 bits per heavy atom. The average Bonchev–Trinajstić information content (AvgIpc) is 3.17. The predicted molar refractivity (Wildman–Crippen MR) is 74.1 cm³/mol. The topological polar surface area (TPSA) is 100.0 Å². The maximum absolute atomic E-state index is 6.22. The molecule has 0 spiro atoms. The van der Waals surface area contributed by atoms with Crippen molar-refractivity contribution in [2.24, 2.45) is 5.73 Å². The van der Waals surface area contributed by atoms with E-state index in [1.165, 1.54) is 0 Å². The molecule has 1 aliphatic heterocycles.